The van der Waals surface area contributed by atoms with Crippen LogP contribution in [0.1, 0.15) is 25.7 Å². The fourth-order valence-electron chi connectivity index (χ4n) is 3.48. The van der Waals surface area contributed by atoms with Crippen molar-refractivity contribution < 1.29 is 14.3 Å². The molecule has 2 aliphatic rings. The second-order valence-electron chi connectivity index (χ2n) is 5.40. The van der Waals surface area contributed by atoms with E-state index in [9.17, 15) is 4.79 Å². The Hall–Kier alpha value is -0.610. The van der Waals surface area contributed by atoms with E-state index in [2.05, 4.69) is 0 Å². The molecule has 2 atom stereocenters. The van der Waals surface area contributed by atoms with Crippen LogP contribution < -0.4 is 0 Å². The Kier molecular flexibility index (Phi) is 4.05. The van der Waals surface area contributed by atoms with Crippen LogP contribution in [0.15, 0.2) is 0 Å². The van der Waals surface area contributed by atoms with Crippen molar-refractivity contribution in [2.24, 2.45) is 11.3 Å². The topological polar surface area (TPSA) is 38.8 Å². The van der Waals surface area contributed by atoms with Gasteiger partial charge in [0.1, 0.15) is 0 Å². The number of rotatable bonds is 5. The van der Waals surface area contributed by atoms with Gasteiger partial charge in [0.05, 0.1) is 19.6 Å². The maximum atomic E-state index is 12.0. The van der Waals surface area contributed by atoms with Gasteiger partial charge >= 0.3 is 0 Å². The van der Waals surface area contributed by atoms with Crippen molar-refractivity contribution in [2.45, 2.75) is 25.7 Å². The van der Waals surface area contributed by atoms with Gasteiger partial charge < -0.3 is 14.4 Å². The summed E-state index contributed by atoms with van der Waals surface area (Å²) >= 11 is 0. The third-order valence-electron chi connectivity index (χ3n) is 4.34. The average molecular weight is 241 g/mol. The maximum absolute atomic E-state index is 12.0. The summed E-state index contributed by atoms with van der Waals surface area (Å²) in [7, 11) is 3.40. The Morgan fingerprint density at radius 1 is 1.41 bits per heavy atom. The minimum absolute atomic E-state index is 0.233. The summed E-state index contributed by atoms with van der Waals surface area (Å²) in [6.07, 6.45) is 4.25. The summed E-state index contributed by atoms with van der Waals surface area (Å²) < 4.78 is 10.3. The van der Waals surface area contributed by atoms with Crippen LogP contribution in [0.5, 0.6) is 0 Å². The van der Waals surface area contributed by atoms with Crippen LogP contribution in [0.4, 0.5) is 0 Å². The molecule has 98 valence electrons. The number of carbonyl (C=O) groups excluding carboxylic acids is 1. The molecule has 0 unspecified atom stereocenters. The molecule has 1 amide bonds. The van der Waals surface area contributed by atoms with Gasteiger partial charge in [-0.3, -0.25) is 4.79 Å². The number of hydrogen-bond acceptors (Lipinski definition) is 3. The third kappa shape index (κ3) is 2.47. The van der Waals surface area contributed by atoms with E-state index < -0.39 is 0 Å². The number of likely N-dealkylation sites (tertiary alicyclic amines) is 1. The average Bonchev–Trinajstić information content (AvgIpc) is 2.82. The van der Waals surface area contributed by atoms with Crippen LogP contribution in [0.3, 0.4) is 0 Å². The van der Waals surface area contributed by atoms with Crippen LogP contribution in [-0.2, 0) is 14.3 Å². The zero-order valence-electron chi connectivity index (χ0n) is 10.9. The summed E-state index contributed by atoms with van der Waals surface area (Å²) in [5.41, 5.74) is 0.248. The van der Waals surface area contributed by atoms with Crippen LogP contribution in [-0.4, -0.2) is 51.3 Å². The second kappa shape index (κ2) is 5.36. The van der Waals surface area contributed by atoms with Gasteiger partial charge in [-0.15, -0.1) is 0 Å². The lowest BCUT2D eigenvalue weighted by atomic mass is 9.82. The van der Waals surface area contributed by atoms with Gasteiger partial charge in [0, 0.05) is 32.7 Å². The summed E-state index contributed by atoms with van der Waals surface area (Å²) in [5.74, 6) is 0.880. The molecule has 0 aromatic carbocycles. The maximum Gasteiger partial charge on any atom is 0.224 e. The van der Waals surface area contributed by atoms with E-state index in [1.54, 1.807) is 14.2 Å². The SMILES string of the molecule is COCCC(=O)N1C[C@@H]2CCC[C@]2(COC)C1. The van der Waals surface area contributed by atoms with E-state index in [1.165, 1.54) is 19.3 Å². The summed E-state index contributed by atoms with van der Waals surface area (Å²) in [6, 6.07) is 0. The Labute approximate surface area is 103 Å². The standard InChI is InChI=1S/C13H23NO3/c1-16-7-5-12(15)14-8-11-4-3-6-13(11,9-14)10-17-2/h11H,3-10H2,1-2H3/t11-,13+/m0/s1. The normalized spacial score (nSPS) is 31.9. The fourth-order valence-corrected chi connectivity index (χ4v) is 3.48. The van der Waals surface area contributed by atoms with Crippen LogP contribution in [0.25, 0.3) is 0 Å². The predicted octanol–water partition coefficient (Wildman–Crippen LogP) is 1.30. The summed E-state index contributed by atoms with van der Waals surface area (Å²) in [4.78, 5) is 14.0. The monoisotopic (exact) mass is 241 g/mol. The van der Waals surface area contributed by atoms with Gasteiger partial charge in [-0.05, 0) is 18.8 Å². The number of amides is 1. The van der Waals surface area contributed by atoms with Gasteiger partial charge in [0.25, 0.3) is 0 Å². The molecule has 0 spiro atoms. The Morgan fingerprint density at radius 3 is 2.94 bits per heavy atom. The number of methoxy groups -OCH3 is 2. The molecule has 1 heterocycles. The third-order valence-corrected chi connectivity index (χ3v) is 4.34. The van der Waals surface area contributed by atoms with E-state index in [0.717, 1.165) is 19.7 Å². The number of ether oxygens (including phenoxy) is 2. The highest BCUT2D eigenvalue weighted by Gasteiger charge is 2.50. The highest BCUT2D eigenvalue weighted by atomic mass is 16.5. The summed E-state index contributed by atoms with van der Waals surface area (Å²) in [6.45, 7) is 3.13. The number of nitrogens with zero attached hydrogens (tertiary/aromatic N) is 1. The van der Waals surface area contributed by atoms with Crippen molar-refractivity contribution in [1.82, 2.24) is 4.90 Å². The van der Waals surface area contributed by atoms with Gasteiger partial charge in [0.2, 0.25) is 5.91 Å². The molecular weight excluding hydrogens is 218 g/mol. The zero-order valence-corrected chi connectivity index (χ0v) is 10.9. The quantitative estimate of drug-likeness (QED) is 0.728. The van der Waals surface area contributed by atoms with Crippen LogP contribution in [0, 0.1) is 11.3 Å². The van der Waals surface area contributed by atoms with Crippen molar-refractivity contribution in [3.63, 3.8) is 0 Å². The lowest BCUT2D eigenvalue weighted by Crippen LogP contribution is -2.34. The zero-order chi connectivity index (χ0) is 12.3. The second-order valence-corrected chi connectivity index (χ2v) is 5.40. The molecule has 1 saturated carbocycles. The first-order valence-electron chi connectivity index (χ1n) is 6.47. The predicted molar refractivity (Wildman–Crippen MR) is 64.7 cm³/mol. The lowest BCUT2D eigenvalue weighted by Gasteiger charge is -2.27. The molecule has 17 heavy (non-hydrogen) atoms. The van der Waals surface area contributed by atoms with Crippen molar-refractivity contribution >= 4 is 5.91 Å². The van der Waals surface area contributed by atoms with Crippen molar-refractivity contribution in [3.05, 3.63) is 0 Å². The first-order chi connectivity index (χ1) is 8.22. The van der Waals surface area contributed by atoms with E-state index >= 15 is 0 Å². The van der Waals surface area contributed by atoms with Crippen LogP contribution >= 0.6 is 0 Å². The Morgan fingerprint density at radius 2 is 2.24 bits per heavy atom. The van der Waals surface area contributed by atoms with Crippen molar-refractivity contribution in [1.29, 1.82) is 0 Å². The molecule has 2 rings (SSSR count). The first-order valence-corrected chi connectivity index (χ1v) is 6.47. The Bertz CT molecular complexity index is 282. The van der Waals surface area contributed by atoms with E-state index in [4.69, 9.17) is 9.47 Å². The van der Waals surface area contributed by atoms with Gasteiger partial charge in [-0.2, -0.15) is 0 Å². The molecule has 1 aliphatic carbocycles. The minimum atomic E-state index is 0.233. The Balaban J connectivity index is 1.95. The highest BCUT2D eigenvalue weighted by Crippen LogP contribution is 2.48. The van der Waals surface area contributed by atoms with Gasteiger partial charge in [-0.25, -0.2) is 0 Å². The molecule has 0 N–H and O–H groups in total. The first kappa shape index (κ1) is 12.8. The van der Waals surface area contributed by atoms with Gasteiger partial charge in [-0.1, -0.05) is 6.42 Å². The molecule has 0 radical (unpaired) electrons. The number of carbonyl (C=O) groups is 1. The summed E-state index contributed by atoms with van der Waals surface area (Å²) in [5, 5.41) is 0. The van der Waals surface area contributed by atoms with Crippen LogP contribution in [0.2, 0.25) is 0 Å². The van der Waals surface area contributed by atoms with Crippen molar-refractivity contribution in [3.8, 4) is 0 Å². The molecular formula is C13H23NO3. The molecule has 0 bridgehead atoms. The largest absolute Gasteiger partial charge is 0.384 e. The number of hydrogen-bond donors (Lipinski definition) is 0. The van der Waals surface area contributed by atoms with E-state index in [1.807, 2.05) is 4.90 Å². The number of fused-ring (bicyclic) bond motifs is 1. The molecule has 1 saturated heterocycles. The fraction of sp³-hybridized carbons (Fsp3) is 0.923. The highest BCUT2D eigenvalue weighted by molar-refractivity contribution is 5.76. The lowest BCUT2D eigenvalue weighted by molar-refractivity contribution is -0.131. The smallest absolute Gasteiger partial charge is 0.224 e. The molecule has 1 aliphatic heterocycles. The molecule has 2 fully saturated rings. The molecule has 4 nitrogen and oxygen atoms in total. The minimum Gasteiger partial charge on any atom is -0.384 e. The van der Waals surface area contributed by atoms with E-state index in [-0.39, 0.29) is 11.3 Å². The van der Waals surface area contributed by atoms with Crippen molar-refractivity contribution in [2.75, 3.05) is 40.5 Å². The van der Waals surface area contributed by atoms with Gasteiger partial charge in [0.15, 0.2) is 0 Å². The van der Waals surface area contributed by atoms with E-state index in [0.29, 0.717) is 18.9 Å². The molecule has 0 aromatic heterocycles. The molecule has 0 aromatic rings. The molecule has 4 heteroatoms.